The van der Waals surface area contributed by atoms with E-state index in [1.54, 1.807) is 0 Å². The Morgan fingerprint density at radius 3 is 2.50 bits per heavy atom. The van der Waals surface area contributed by atoms with Crippen LogP contribution < -0.4 is 5.73 Å². The van der Waals surface area contributed by atoms with Crippen LogP contribution in [0.4, 0.5) is 0 Å². The van der Waals surface area contributed by atoms with Gasteiger partial charge < -0.3 is 5.73 Å². The van der Waals surface area contributed by atoms with E-state index in [4.69, 9.17) is 5.73 Å². The molecule has 0 spiro atoms. The highest BCUT2D eigenvalue weighted by Gasteiger charge is 2.26. The van der Waals surface area contributed by atoms with Crippen molar-refractivity contribution in [2.24, 2.45) is 11.7 Å². The lowest BCUT2D eigenvalue weighted by Crippen LogP contribution is -2.26. The van der Waals surface area contributed by atoms with Crippen LogP contribution in [-0.2, 0) is 0 Å². The first kappa shape index (κ1) is 9.86. The van der Waals surface area contributed by atoms with Gasteiger partial charge in [0.1, 0.15) is 0 Å². The molecule has 2 aromatic rings. The minimum atomic E-state index is 0.222. The summed E-state index contributed by atoms with van der Waals surface area (Å²) in [5, 5.41) is 2.62. The molecule has 1 saturated carbocycles. The topological polar surface area (TPSA) is 26.0 Å². The van der Waals surface area contributed by atoms with E-state index in [2.05, 4.69) is 42.5 Å². The Bertz CT molecular complexity index is 494. The highest BCUT2D eigenvalue weighted by atomic mass is 14.7. The molecular weight excluding hydrogens is 194 g/mol. The van der Waals surface area contributed by atoms with Crippen LogP contribution in [0.3, 0.4) is 0 Å². The molecule has 2 N–H and O–H groups in total. The van der Waals surface area contributed by atoms with E-state index >= 15 is 0 Å². The first-order chi connectivity index (χ1) is 7.86. The summed E-state index contributed by atoms with van der Waals surface area (Å²) in [5.74, 6) is 0.700. The maximum Gasteiger partial charge on any atom is 0.0329 e. The van der Waals surface area contributed by atoms with Gasteiger partial charge in [-0.05, 0) is 35.1 Å². The van der Waals surface area contributed by atoms with Gasteiger partial charge in [-0.25, -0.2) is 0 Å². The Morgan fingerprint density at radius 1 is 1.00 bits per heavy atom. The van der Waals surface area contributed by atoms with E-state index in [0.29, 0.717) is 5.92 Å². The molecule has 2 aromatic carbocycles. The number of fused-ring (bicyclic) bond motifs is 1. The lowest BCUT2D eigenvalue weighted by molar-refractivity contribution is 0.265. The van der Waals surface area contributed by atoms with E-state index in [1.165, 1.54) is 35.6 Å². The maximum absolute atomic E-state index is 6.37. The van der Waals surface area contributed by atoms with Crippen molar-refractivity contribution in [1.82, 2.24) is 0 Å². The van der Waals surface area contributed by atoms with E-state index in [1.807, 2.05) is 0 Å². The monoisotopic (exact) mass is 211 g/mol. The van der Waals surface area contributed by atoms with Crippen LogP contribution in [0.25, 0.3) is 10.8 Å². The normalized spacial score (nSPS) is 18.3. The van der Waals surface area contributed by atoms with Crippen LogP contribution in [0.15, 0.2) is 42.5 Å². The second kappa shape index (κ2) is 3.91. The Balaban J connectivity index is 2.08. The molecule has 3 rings (SSSR count). The summed E-state index contributed by atoms with van der Waals surface area (Å²) >= 11 is 0. The molecule has 0 heterocycles. The summed E-state index contributed by atoms with van der Waals surface area (Å²) in [4.78, 5) is 0. The van der Waals surface area contributed by atoms with Gasteiger partial charge in [0.15, 0.2) is 0 Å². The van der Waals surface area contributed by atoms with Gasteiger partial charge in [-0.2, -0.15) is 0 Å². The van der Waals surface area contributed by atoms with Crippen molar-refractivity contribution < 1.29 is 0 Å². The molecule has 0 aliphatic heterocycles. The summed E-state index contributed by atoms with van der Waals surface area (Å²) in [7, 11) is 0. The van der Waals surface area contributed by atoms with Crippen molar-refractivity contribution in [2.75, 3.05) is 0 Å². The van der Waals surface area contributed by atoms with Gasteiger partial charge in [0.05, 0.1) is 0 Å². The molecule has 1 fully saturated rings. The predicted molar refractivity (Wildman–Crippen MR) is 68.2 cm³/mol. The molecule has 0 saturated heterocycles. The Hall–Kier alpha value is -1.34. The van der Waals surface area contributed by atoms with Crippen molar-refractivity contribution in [3.63, 3.8) is 0 Å². The van der Waals surface area contributed by atoms with Crippen LogP contribution in [0.2, 0.25) is 0 Å². The zero-order chi connectivity index (χ0) is 11.0. The second-order valence-corrected chi connectivity index (χ2v) is 4.79. The van der Waals surface area contributed by atoms with Crippen molar-refractivity contribution in [2.45, 2.75) is 25.3 Å². The largest absolute Gasteiger partial charge is 0.324 e. The van der Waals surface area contributed by atoms with Gasteiger partial charge in [-0.15, -0.1) is 0 Å². The van der Waals surface area contributed by atoms with Gasteiger partial charge >= 0.3 is 0 Å². The molecule has 1 aliphatic rings. The third kappa shape index (κ3) is 1.52. The highest BCUT2D eigenvalue weighted by molar-refractivity contribution is 5.86. The summed E-state index contributed by atoms with van der Waals surface area (Å²) in [6, 6.07) is 15.2. The van der Waals surface area contributed by atoms with Crippen LogP contribution in [0.5, 0.6) is 0 Å². The Kier molecular flexibility index (Phi) is 2.41. The fourth-order valence-corrected chi connectivity index (χ4v) is 2.59. The SMILES string of the molecule is N[C@@H](c1cccc2ccccc12)C1CCC1. The lowest BCUT2D eigenvalue weighted by atomic mass is 9.77. The smallest absolute Gasteiger partial charge is 0.0329 e. The van der Waals surface area contributed by atoms with Crippen molar-refractivity contribution in [3.8, 4) is 0 Å². The number of rotatable bonds is 2. The first-order valence-corrected chi connectivity index (χ1v) is 6.09. The summed E-state index contributed by atoms with van der Waals surface area (Å²) in [5.41, 5.74) is 7.69. The number of nitrogens with two attached hydrogens (primary N) is 1. The first-order valence-electron chi connectivity index (χ1n) is 6.09. The van der Waals surface area contributed by atoms with Gasteiger partial charge in [-0.1, -0.05) is 48.9 Å². The van der Waals surface area contributed by atoms with Crippen molar-refractivity contribution in [3.05, 3.63) is 48.0 Å². The zero-order valence-electron chi connectivity index (χ0n) is 9.39. The van der Waals surface area contributed by atoms with E-state index < -0.39 is 0 Å². The molecule has 1 atom stereocenters. The summed E-state index contributed by atoms with van der Waals surface area (Å²) in [6.07, 6.45) is 3.94. The number of benzene rings is 2. The third-order valence-corrected chi connectivity index (χ3v) is 3.84. The molecule has 0 radical (unpaired) electrons. The Morgan fingerprint density at radius 2 is 1.75 bits per heavy atom. The fraction of sp³-hybridized carbons (Fsp3) is 0.333. The van der Waals surface area contributed by atoms with Crippen molar-refractivity contribution in [1.29, 1.82) is 0 Å². The van der Waals surface area contributed by atoms with E-state index in [0.717, 1.165) is 0 Å². The highest BCUT2D eigenvalue weighted by Crippen LogP contribution is 2.38. The molecule has 0 aromatic heterocycles. The molecule has 1 aliphatic carbocycles. The molecular formula is C15H17N. The zero-order valence-corrected chi connectivity index (χ0v) is 9.39. The lowest BCUT2D eigenvalue weighted by Gasteiger charge is -2.32. The number of hydrogen-bond acceptors (Lipinski definition) is 1. The average molecular weight is 211 g/mol. The molecule has 0 amide bonds. The van der Waals surface area contributed by atoms with Crippen molar-refractivity contribution >= 4 is 10.8 Å². The van der Waals surface area contributed by atoms with E-state index in [9.17, 15) is 0 Å². The quantitative estimate of drug-likeness (QED) is 0.806. The van der Waals surface area contributed by atoms with E-state index in [-0.39, 0.29) is 6.04 Å². The summed E-state index contributed by atoms with van der Waals surface area (Å²) in [6.45, 7) is 0. The van der Waals surface area contributed by atoms with Gasteiger partial charge in [0.2, 0.25) is 0 Å². The van der Waals surface area contributed by atoms with Gasteiger partial charge in [0, 0.05) is 6.04 Å². The molecule has 82 valence electrons. The molecule has 16 heavy (non-hydrogen) atoms. The molecule has 1 nitrogen and oxygen atoms in total. The van der Waals surface area contributed by atoms with Crippen LogP contribution in [-0.4, -0.2) is 0 Å². The molecule has 1 heteroatoms. The standard InChI is InChI=1S/C15H17N/c16-15(12-7-3-8-12)14-10-4-6-11-5-1-2-9-13(11)14/h1-2,4-6,9-10,12,15H,3,7-8,16H2/t15-/m1/s1. The summed E-state index contributed by atoms with van der Waals surface area (Å²) < 4.78 is 0. The molecule has 0 unspecified atom stereocenters. The average Bonchev–Trinajstić information content (AvgIpc) is 2.26. The fourth-order valence-electron chi connectivity index (χ4n) is 2.59. The maximum atomic E-state index is 6.37. The predicted octanol–water partition coefficient (Wildman–Crippen LogP) is 3.64. The molecule has 0 bridgehead atoms. The third-order valence-electron chi connectivity index (χ3n) is 3.84. The number of hydrogen-bond donors (Lipinski definition) is 1. The minimum Gasteiger partial charge on any atom is -0.324 e. The van der Waals surface area contributed by atoms with Gasteiger partial charge in [0.25, 0.3) is 0 Å². The van der Waals surface area contributed by atoms with Crippen LogP contribution >= 0.6 is 0 Å². The second-order valence-electron chi connectivity index (χ2n) is 4.79. The van der Waals surface area contributed by atoms with Gasteiger partial charge in [-0.3, -0.25) is 0 Å². The van der Waals surface area contributed by atoms with Crippen LogP contribution in [0.1, 0.15) is 30.9 Å². The van der Waals surface area contributed by atoms with Crippen LogP contribution in [0, 0.1) is 5.92 Å². The minimum absolute atomic E-state index is 0.222. The Labute approximate surface area is 96.3 Å².